The van der Waals surface area contributed by atoms with Gasteiger partial charge >= 0.3 is 0 Å². The van der Waals surface area contributed by atoms with Crippen molar-refractivity contribution >= 4 is 22.2 Å². The van der Waals surface area contributed by atoms with Crippen LogP contribution in [-0.2, 0) is 0 Å². The summed E-state index contributed by atoms with van der Waals surface area (Å²) in [5.74, 6) is -0.368. The molecule has 2 aromatic heterocycles. The second kappa shape index (κ2) is 4.77. The van der Waals surface area contributed by atoms with E-state index < -0.39 is 0 Å². The van der Waals surface area contributed by atoms with Crippen LogP contribution >= 0.6 is 11.3 Å². The van der Waals surface area contributed by atoms with Crippen LogP contribution in [0.1, 0.15) is 36.8 Å². The molecule has 0 fully saturated rings. The van der Waals surface area contributed by atoms with E-state index >= 15 is 0 Å². The molecule has 0 saturated carbocycles. The minimum atomic E-state index is -0.368. The molecule has 0 spiro atoms. The van der Waals surface area contributed by atoms with Crippen LogP contribution < -0.4 is 10.9 Å². The number of fused-ring (bicyclic) bond motifs is 1. The highest BCUT2D eigenvalue weighted by Crippen LogP contribution is 2.12. The number of thiazole rings is 1. The summed E-state index contributed by atoms with van der Waals surface area (Å²) in [6.07, 6.45) is 1.35. The third kappa shape index (κ3) is 2.84. The first-order chi connectivity index (χ1) is 8.79. The minimum absolute atomic E-state index is 0.0261. The fraction of sp³-hybridized carbons (Fsp3) is 0.462. The van der Waals surface area contributed by atoms with Gasteiger partial charge in [-0.05, 0) is 12.3 Å². The van der Waals surface area contributed by atoms with Crippen molar-refractivity contribution in [2.45, 2.75) is 27.7 Å². The number of rotatable bonds is 2. The zero-order valence-corrected chi connectivity index (χ0v) is 12.3. The average molecular weight is 279 g/mol. The minimum Gasteiger partial charge on any atom is -0.351 e. The van der Waals surface area contributed by atoms with Crippen LogP contribution in [0.25, 0.3) is 4.96 Å². The molecule has 6 heteroatoms. The Kier molecular flexibility index (Phi) is 3.45. The second-order valence-corrected chi connectivity index (χ2v) is 6.55. The van der Waals surface area contributed by atoms with Crippen molar-refractivity contribution in [3.63, 3.8) is 0 Å². The summed E-state index contributed by atoms with van der Waals surface area (Å²) < 4.78 is 1.47. The topological polar surface area (TPSA) is 63.5 Å². The molecule has 0 aliphatic carbocycles. The van der Waals surface area contributed by atoms with E-state index in [0.717, 1.165) is 5.69 Å². The molecule has 0 aliphatic rings. The number of aromatic nitrogens is 2. The molecule has 0 unspecified atom stereocenters. The molecule has 0 radical (unpaired) electrons. The standard InChI is InChI=1S/C13H17N3O2S/c1-8-6-19-12-14-5-9(11(18)16(8)12)10(17)15-7-13(2,3)4/h5-6H,7H2,1-4H3,(H,15,17). The molecular weight excluding hydrogens is 262 g/mol. The Hall–Kier alpha value is -1.69. The highest BCUT2D eigenvalue weighted by atomic mass is 32.1. The van der Waals surface area contributed by atoms with Crippen molar-refractivity contribution in [3.05, 3.63) is 33.2 Å². The maximum atomic E-state index is 12.2. The number of nitrogens with zero attached hydrogens (tertiary/aromatic N) is 2. The van der Waals surface area contributed by atoms with Gasteiger partial charge in [0.05, 0.1) is 0 Å². The van der Waals surface area contributed by atoms with E-state index in [1.165, 1.54) is 21.9 Å². The van der Waals surface area contributed by atoms with Crippen LogP contribution in [0.15, 0.2) is 16.4 Å². The van der Waals surface area contributed by atoms with Gasteiger partial charge in [0.15, 0.2) is 4.96 Å². The quantitative estimate of drug-likeness (QED) is 0.912. The van der Waals surface area contributed by atoms with Crippen molar-refractivity contribution in [1.29, 1.82) is 0 Å². The van der Waals surface area contributed by atoms with E-state index in [1.807, 2.05) is 33.1 Å². The lowest BCUT2D eigenvalue weighted by Gasteiger charge is -2.18. The van der Waals surface area contributed by atoms with E-state index in [9.17, 15) is 9.59 Å². The van der Waals surface area contributed by atoms with Crippen molar-refractivity contribution in [2.75, 3.05) is 6.54 Å². The van der Waals surface area contributed by atoms with Gasteiger partial charge in [-0.2, -0.15) is 0 Å². The summed E-state index contributed by atoms with van der Waals surface area (Å²) in [6.45, 7) is 8.39. The summed E-state index contributed by atoms with van der Waals surface area (Å²) in [6, 6.07) is 0. The average Bonchev–Trinajstić information content (AvgIpc) is 2.68. The molecule has 0 atom stereocenters. The lowest BCUT2D eigenvalue weighted by Crippen LogP contribution is -2.36. The molecule has 0 aliphatic heterocycles. The van der Waals surface area contributed by atoms with Gasteiger partial charge in [-0.25, -0.2) is 4.98 Å². The van der Waals surface area contributed by atoms with Crippen LogP contribution in [0.4, 0.5) is 0 Å². The van der Waals surface area contributed by atoms with Crippen molar-refractivity contribution in [3.8, 4) is 0 Å². The maximum absolute atomic E-state index is 12.2. The SMILES string of the molecule is Cc1csc2ncc(C(=O)NCC(C)(C)C)c(=O)n12. The Labute approximate surface area is 115 Å². The van der Waals surface area contributed by atoms with Crippen molar-refractivity contribution < 1.29 is 4.79 Å². The van der Waals surface area contributed by atoms with Gasteiger partial charge in [0.25, 0.3) is 11.5 Å². The Morgan fingerprint density at radius 2 is 2.16 bits per heavy atom. The lowest BCUT2D eigenvalue weighted by molar-refractivity contribution is 0.0937. The highest BCUT2D eigenvalue weighted by Gasteiger charge is 2.17. The van der Waals surface area contributed by atoms with Gasteiger partial charge in [0.1, 0.15) is 5.56 Å². The zero-order valence-electron chi connectivity index (χ0n) is 11.5. The smallest absolute Gasteiger partial charge is 0.271 e. The number of amides is 1. The number of carbonyl (C=O) groups is 1. The Bertz CT molecular complexity index is 679. The molecule has 1 N–H and O–H groups in total. The summed E-state index contributed by atoms with van der Waals surface area (Å²) >= 11 is 1.39. The normalized spacial score (nSPS) is 11.8. The lowest BCUT2D eigenvalue weighted by atomic mass is 9.97. The second-order valence-electron chi connectivity index (χ2n) is 5.72. The number of hydrogen-bond donors (Lipinski definition) is 1. The van der Waals surface area contributed by atoms with Gasteiger partial charge in [0.2, 0.25) is 0 Å². The van der Waals surface area contributed by atoms with Crippen molar-refractivity contribution in [2.24, 2.45) is 5.41 Å². The van der Waals surface area contributed by atoms with Gasteiger partial charge < -0.3 is 5.32 Å². The van der Waals surface area contributed by atoms with Crippen LogP contribution in [0, 0.1) is 12.3 Å². The van der Waals surface area contributed by atoms with Gasteiger partial charge in [0, 0.05) is 23.8 Å². The highest BCUT2D eigenvalue weighted by molar-refractivity contribution is 7.15. The molecule has 19 heavy (non-hydrogen) atoms. The van der Waals surface area contributed by atoms with Crippen LogP contribution in [0.3, 0.4) is 0 Å². The molecule has 2 rings (SSSR count). The number of carbonyl (C=O) groups excluding carboxylic acids is 1. The molecular formula is C13H17N3O2S. The summed E-state index contributed by atoms with van der Waals surface area (Å²) in [5, 5.41) is 4.61. The number of aryl methyl sites for hydroxylation is 1. The molecule has 2 aromatic rings. The largest absolute Gasteiger partial charge is 0.351 e. The number of hydrogen-bond acceptors (Lipinski definition) is 4. The van der Waals surface area contributed by atoms with E-state index in [4.69, 9.17) is 0 Å². The fourth-order valence-electron chi connectivity index (χ4n) is 1.62. The Morgan fingerprint density at radius 3 is 2.79 bits per heavy atom. The van der Waals surface area contributed by atoms with E-state index in [0.29, 0.717) is 11.5 Å². The molecule has 2 heterocycles. The van der Waals surface area contributed by atoms with Gasteiger partial charge in [-0.3, -0.25) is 14.0 Å². The summed E-state index contributed by atoms with van der Waals surface area (Å²) in [5.41, 5.74) is 0.545. The molecule has 5 nitrogen and oxygen atoms in total. The maximum Gasteiger partial charge on any atom is 0.271 e. The predicted octanol–water partition coefficient (Wildman–Crippen LogP) is 1.84. The summed E-state index contributed by atoms with van der Waals surface area (Å²) in [4.78, 5) is 29.0. The fourth-order valence-corrected chi connectivity index (χ4v) is 2.45. The third-order valence-electron chi connectivity index (χ3n) is 2.64. The molecule has 1 amide bonds. The van der Waals surface area contributed by atoms with E-state index in [2.05, 4.69) is 10.3 Å². The van der Waals surface area contributed by atoms with Crippen LogP contribution in [0.5, 0.6) is 0 Å². The first-order valence-corrected chi connectivity index (χ1v) is 6.91. The zero-order chi connectivity index (χ0) is 14.2. The Balaban J connectivity index is 2.35. The summed E-state index contributed by atoms with van der Waals surface area (Å²) in [7, 11) is 0. The Morgan fingerprint density at radius 1 is 1.47 bits per heavy atom. The van der Waals surface area contributed by atoms with E-state index in [1.54, 1.807) is 0 Å². The third-order valence-corrected chi connectivity index (χ3v) is 3.60. The first kappa shape index (κ1) is 13.7. The van der Waals surface area contributed by atoms with Gasteiger partial charge in [-0.15, -0.1) is 11.3 Å². The monoisotopic (exact) mass is 279 g/mol. The molecule has 0 saturated heterocycles. The van der Waals surface area contributed by atoms with E-state index in [-0.39, 0.29) is 22.4 Å². The van der Waals surface area contributed by atoms with Crippen molar-refractivity contribution in [1.82, 2.24) is 14.7 Å². The number of nitrogens with one attached hydrogen (secondary N) is 1. The molecule has 0 bridgehead atoms. The first-order valence-electron chi connectivity index (χ1n) is 6.04. The van der Waals surface area contributed by atoms with Gasteiger partial charge in [-0.1, -0.05) is 20.8 Å². The molecule has 102 valence electrons. The predicted molar refractivity (Wildman–Crippen MR) is 75.9 cm³/mol. The molecule has 0 aromatic carbocycles. The van der Waals surface area contributed by atoms with Crippen LogP contribution in [0.2, 0.25) is 0 Å². The van der Waals surface area contributed by atoms with Crippen LogP contribution in [-0.4, -0.2) is 21.8 Å².